The van der Waals surface area contributed by atoms with Gasteiger partial charge in [-0.15, -0.1) is 0 Å². The molecule has 3 rings (SSSR count). The predicted octanol–water partition coefficient (Wildman–Crippen LogP) is 0.163. The number of nitrogens with two attached hydrogens (primary N) is 1. The van der Waals surface area contributed by atoms with Crippen LogP contribution in [0.25, 0.3) is 10.9 Å². The minimum absolute atomic E-state index is 0.0923. The van der Waals surface area contributed by atoms with Crippen LogP contribution >= 0.6 is 0 Å². The van der Waals surface area contributed by atoms with Crippen LogP contribution in [-0.4, -0.2) is 48.7 Å². The van der Waals surface area contributed by atoms with Gasteiger partial charge in [0.1, 0.15) is 18.2 Å². The first-order chi connectivity index (χ1) is 10.2. The number of nitrogens with zero attached hydrogens (tertiary/aromatic N) is 3. The molecular formula is C14H17N5O2. The Labute approximate surface area is 122 Å². The highest BCUT2D eigenvalue weighted by atomic mass is 16.5. The molecule has 0 radical (unpaired) electrons. The zero-order chi connectivity index (χ0) is 14.8. The van der Waals surface area contributed by atoms with E-state index in [1.165, 1.54) is 6.33 Å². The van der Waals surface area contributed by atoms with Gasteiger partial charge in [-0.05, 0) is 18.2 Å². The molecule has 2 heterocycles. The van der Waals surface area contributed by atoms with E-state index in [-0.39, 0.29) is 5.91 Å². The number of likely N-dealkylation sites (N-methyl/N-ethyl adjacent to an activating group) is 1. The van der Waals surface area contributed by atoms with E-state index in [0.29, 0.717) is 31.3 Å². The second-order valence-corrected chi connectivity index (χ2v) is 4.87. The molecule has 1 unspecified atom stereocenters. The number of hydrogen-bond acceptors (Lipinski definition) is 6. The average molecular weight is 287 g/mol. The van der Waals surface area contributed by atoms with Crippen molar-refractivity contribution in [2.24, 2.45) is 0 Å². The zero-order valence-corrected chi connectivity index (χ0v) is 11.7. The molecule has 3 N–H and O–H groups in total. The van der Waals surface area contributed by atoms with E-state index in [2.05, 4.69) is 15.3 Å². The Morgan fingerprint density at radius 1 is 1.48 bits per heavy atom. The molecule has 1 aliphatic rings. The molecule has 1 aromatic heterocycles. The Bertz CT molecular complexity index is 675. The third kappa shape index (κ3) is 2.47. The Balaban J connectivity index is 2.09. The largest absolute Gasteiger partial charge is 0.399 e. The number of carbonyl (C=O) groups is 1. The minimum Gasteiger partial charge on any atom is -0.399 e. The first-order valence-electron chi connectivity index (χ1n) is 6.77. The lowest BCUT2D eigenvalue weighted by Gasteiger charge is -2.35. The monoisotopic (exact) mass is 287 g/mol. The van der Waals surface area contributed by atoms with E-state index in [9.17, 15) is 4.79 Å². The predicted molar refractivity (Wildman–Crippen MR) is 80.0 cm³/mol. The molecule has 7 nitrogen and oxygen atoms in total. The van der Waals surface area contributed by atoms with Crippen molar-refractivity contribution in [2.75, 3.05) is 37.4 Å². The van der Waals surface area contributed by atoms with Gasteiger partial charge in [0.15, 0.2) is 0 Å². The summed E-state index contributed by atoms with van der Waals surface area (Å²) in [5.74, 6) is 0.620. The third-order valence-corrected chi connectivity index (χ3v) is 3.59. The highest BCUT2D eigenvalue weighted by Crippen LogP contribution is 2.27. The summed E-state index contributed by atoms with van der Waals surface area (Å²) in [5, 5.41) is 3.51. The fraction of sp³-hybridized carbons (Fsp3) is 0.357. The summed E-state index contributed by atoms with van der Waals surface area (Å²) in [6.45, 7) is 1.49. The van der Waals surface area contributed by atoms with Crippen molar-refractivity contribution in [1.82, 2.24) is 15.3 Å². The van der Waals surface area contributed by atoms with Crippen LogP contribution in [-0.2, 0) is 9.53 Å². The second-order valence-electron chi connectivity index (χ2n) is 4.87. The number of anilines is 2. The van der Waals surface area contributed by atoms with E-state index in [1.54, 1.807) is 13.1 Å². The van der Waals surface area contributed by atoms with E-state index < -0.39 is 6.04 Å². The number of carbonyl (C=O) groups excluding carboxylic acids is 1. The Morgan fingerprint density at radius 2 is 2.33 bits per heavy atom. The molecular weight excluding hydrogens is 270 g/mol. The van der Waals surface area contributed by atoms with Gasteiger partial charge >= 0.3 is 0 Å². The van der Waals surface area contributed by atoms with Gasteiger partial charge in [-0.1, -0.05) is 0 Å². The third-order valence-electron chi connectivity index (χ3n) is 3.59. The lowest BCUT2D eigenvalue weighted by Crippen LogP contribution is -2.53. The maximum absolute atomic E-state index is 12.1. The van der Waals surface area contributed by atoms with Crippen LogP contribution in [0.5, 0.6) is 0 Å². The summed E-state index contributed by atoms with van der Waals surface area (Å²) in [4.78, 5) is 22.6. The van der Waals surface area contributed by atoms with E-state index >= 15 is 0 Å². The lowest BCUT2D eigenvalue weighted by molar-refractivity contribution is -0.124. The molecule has 1 saturated heterocycles. The Morgan fingerprint density at radius 3 is 3.14 bits per heavy atom. The van der Waals surface area contributed by atoms with E-state index in [1.807, 2.05) is 17.0 Å². The second kappa shape index (κ2) is 5.53. The van der Waals surface area contributed by atoms with Gasteiger partial charge < -0.3 is 20.7 Å². The molecule has 2 aromatic rings. The molecule has 0 spiro atoms. The first kappa shape index (κ1) is 13.6. The van der Waals surface area contributed by atoms with Crippen LogP contribution in [0, 0.1) is 0 Å². The number of ether oxygens (including phenoxy) is 1. The van der Waals surface area contributed by atoms with Crippen LogP contribution in [0.2, 0.25) is 0 Å². The topological polar surface area (TPSA) is 93.4 Å². The Kier molecular flexibility index (Phi) is 3.57. The number of morpholine rings is 1. The lowest BCUT2D eigenvalue weighted by atomic mass is 10.1. The summed E-state index contributed by atoms with van der Waals surface area (Å²) < 4.78 is 5.42. The van der Waals surface area contributed by atoms with Gasteiger partial charge in [-0.25, -0.2) is 9.97 Å². The molecule has 1 amide bonds. The van der Waals surface area contributed by atoms with E-state index in [0.717, 1.165) is 10.9 Å². The van der Waals surface area contributed by atoms with Gasteiger partial charge in [0.2, 0.25) is 5.91 Å². The van der Waals surface area contributed by atoms with Crippen LogP contribution in [0.3, 0.4) is 0 Å². The van der Waals surface area contributed by atoms with Gasteiger partial charge in [-0.2, -0.15) is 0 Å². The SMILES string of the molecule is CNC(=O)C1COCCN1c1ncnc2ccc(N)cc12. The summed E-state index contributed by atoms with van der Waals surface area (Å²) >= 11 is 0. The molecule has 0 saturated carbocycles. The van der Waals surface area contributed by atoms with Gasteiger partial charge in [0.05, 0.1) is 18.7 Å². The summed E-state index contributed by atoms with van der Waals surface area (Å²) in [6.07, 6.45) is 1.50. The highest BCUT2D eigenvalue weighted by molar-refractivity contribution is 5.94. The summed E-state index contributed by atoms with van der Waals surface area (Å²) in [5.41, 5.74) is 7.31. The number of rotatable bonds is 2. The average Bonchev–Trinajstić information content (AvgIpc) is 2.53. The molecule has 7 heteroatoms. The molecule has 0 bridgehead atoms. The molecule has 1 aliphatic heterocycles. The maximum atomic E-state index is 12.1. The molecule has 21 heavy (non-hydrogen) atoms. The van der Waals surface area contributed by atoms with Gasteiger partial charge in [0.25, 0.3) is 0 Å². The molecule has 0 aliphatic carbocycles. The number of nitrogens with one attached hydrogen (secondary N) is 1. The van der Waals surface area contributed by atoms with Crippen LogP contribution in [0.1, 0.15) is 0 Å². The van der Waals surface area contributed by atoms with Crippen LogP contribution < -0.4 is 16.0 Å². The molecule has 1 fully saturated rings. The molecule has 1 atom stereocenters. The maximum Gasteiger partial charge on any atom is 0.244 e. The fourth-order valence-corrected chi connectivity index (χ4v) is 2.53. The fourth-order valence-electron chi connectivity index (χ4n) is 2.53. The van der Waals surface area contributed by atoms with Crippen molar-refractivity contribution in [3.8, 4) is 0 Å². The van der Waals surface area contributed by atoms with Crippen molar-refractivity contribution in [2.45, 2.75) is 6.04 Å². The van der Waals surface area contributed by atoms with Crippen LogP contribution in [0.15, 0.2) is 24.5 Å². The smallest absolute Gasteiger partial charge is 0.244 e. The minimum atomic E-state index is -0.400. The highest BCUT2D eigenvalue weighted by Gasteiger charge is 2.30. The number of aromatic nitrogens is 2. The summed E-state index contributed by atoms with van der Waals surface area (Å²) in [6, 6.07) is 5.09. The van der Waals surface area contributed by atoms with Crippen molar-refractivity contribution in [3.05, 3.63) is 24.5 Å². The zero-order valence-electron chi connectivity index (χ0n) is 11.7. The Hall–Kier alpha value is -2.41. The number of nitrogen functional groups attached to an aromatic ring is 1. The summed E-state index contributed by atoms with van der Waals surface area (Å²) in [7, 11) is 1.62. The normalized spacial score (nSPS) is 18.7. The van der Waals surface area contributed by atoms with Gasteiger partial charge in [-0.3, -0.25) is 4.79 Å². The van der Waals surface area contributed by atoms with E-state index in [4.69, 9.17) is 10.5 Å². The van der Waals surface area contributed by atoms with Crippen molar-refractivity contribution >= 4 is 28.3 Å². The van der Waals surface area contributed by atoms with Crippen molar-refractivity contribution in [3.63, 3.8) is 0 Å². The van der Waals surface area contributed by atoms with Crippen molar-refractivity contribution in [1.29, 1.82) is 0 Å². The quantitative estimate of drug-likeness (QED) is 0.764. The number of hydrogen-bond donors (Lipinski definition) is 2. The van der Waals surface area contributed by atoms with Crippen molar-refractivity contribution < 1.29 is 9.53 Å². The standard InChI is InChI=1S/C14H17N5O2/c1-16-14(20)12-7-21-5-4-19(12)13-10-6-9(15)2-3-11(10)17-8-18-13/h2-3,6,8,12H,4-5,7,15H2,1H3,(H,16,20). The number of amides is 1. The van der Waals surface area contributed by atoms with Gasteiger partial charge in [0, 0.05) is 24.7 Å². The molecule has 1 aromatic carbocycles. The molecule has 110 valence electrons. The number of benzene rings is 1. The first-order valence-corrected chi connectivity index (χ1v) is 6.77. The van der Waals surface area contributed by atoms with Crippen LogP contribution in [0.4, 0.5) is 11.5 Å². The number of fused-ring (bicyclic) bond motifs is 1.